The van der Waals surface area contributed by atoms with E-state index in [4.69, 9.17) is 0 Å². The van der Waals surface area contributed by atoms with Gasteiger partial charge in [-0.2, -0.15) is 0 Å². The van der Waals surface area contributed by atoms with Gasteiger partial charge in [0.1, 0.15) is 5.03 Å². The number of hydrogen-bond donors (Lipinski definition) is 1. The number of aromatic nitrogens is 2. The molecule has 1 aromatic rings. The third-order valence-corrected chi connectivity index (χ3v) is 2.87. The van der Waals surface area contributed by atoms with Crippen LogP contribution in [0.5, 0.6) is 0 Å². The van der Waals surface area contributed by atoms with Gasteiger partial charge in [-0.1, -0.05) is 19.8 Å². The maximum absolute atomic E-state index is 4.33. The van der Waals surface area contributed by atoms with Crippen LogP contribution in [0.2, 0.25) is 0 Å². The van der Waals surface area contributed by atoms with E-state index in [1.165, 1.54) is 19.3 Å². The predicted molar refractivity (Wildman–Crippen MR) is 61.8 cm³/mol. The fraction of sp³-hybridized carbons (Fsp3) is 0.600. The average Bonchev–Trinajstić information content (AvgIpc) is 2.25. The van der Waals surface area contributed by atoms with Crippen molar-refractivity contribution >= 4 is 17.7 Å². The van der Waals surface area contributed by atoms with Crippen LogP contribution in [0.25, 0.3) is 0 Å². The van der Waals surface area contributed by atoms with E-state index in [-0.39, 0.29) is 0 Å². The molecule has 0 aliphatic carbocycles. The Hall–Kier alpha value is -0.770. The Balaban J connectivity index is 2.34. The van der Waals surface area contributed by atoms with E-state index in [9.17, 15) is 0 Å². The molecule has 3 nitrogen and oxygen atoms in total. The fourth-order valence-corrected chi connectivity index (χ4v) is 1.94. The minimum absolute atomic E-state index is 0.700. The summed E-state index contributed by atoms with van der Waals surface area (Å²) in [6, 6.07) is 1.96. The van der Waals surface area contributed by atoms with Crippen molar-refractivity contribution in [2.45, 2.75) is 31.2 Å². The summed E-state index contributed by atoms with van der Waals surface area (Å²) in [5, 5.41) is 3.99. The lowest BCUT2D eigenvalue weighted by Crippen LogP contribution is -1.96. The van der Waals surface area contributed by atoms with Crippen molar-refractivity contribution in [2.24, 2.45) is 0 Å². The van der Waals surface area contributed by atoms with Gasteiger partial charge in [-0.15, -0.1) is 11.8 Å². The second-order valence-corrected chi connectivity index (χ2v) is 4.14. The van der Waals surface area contributed by atoms with Crippen LogP contribution in [0.4, 0.5) is 5.95 Å². The van der Waals surface area contributed by atoms with Crippen molar-refractivity contribution in [3.8, 4) is 0 Å². The summed E-state index contributed by atoms with van der Waals surface area (Å²) in [5.74, 6) is 1.85. The van der Waals surface area contributed by atoms with Gasteiger partial charge in [0.15, 0.2) is 0 Å². The normalized spacial score (nSPS) is 10.1. The zero-order valence-corrected chi connectivity index (χ0v) is 9.60. The lowest BCUT2D eigenvalue weighted by atomic mass is 10.3. The third-order valence-electron chi connectivity index (χ3n) is 1.85. The van der Waals surface area contributed by atoms with Crippen molar-refractivity contribution in [2.75, 3.05) is 18.1 Å². The third kappa shape index (κ3) is 3.96. The summed E-state index contributed by atoms with van der Waals surface area (Å²) in [7, 11) is 1.83. The lowest BCUT2D eigenvalue weighted by molar-refractivity contribution is 0.778. The second kappa shape index (κ2) is 6.65. The van der Waals surface area contributed by atoms with Crippen molar-refractivity contribution in [1.29, 1.82) is 0 Å². The van der Waals surface area contributed by atoms with E-state index in [0.29, 0.717) is 5.95 Å². The van der Waals surface area contributed by atoms with Crippen molar-refractivity contribution in [1.82, 2.24) is 9.97 Å². The maximum atomic E-state index is 4.33. The molecule has 4 heteroatoms. The molecule has 1 rings (SSSR count). The molecular weight excluding hydrogens is 194 g/mol. The molecule has 78 valence electrons. The van der Waals surface area contributed by atoms with Crippen LogP contribution in [0.15, 0.2) is 17.3 Å². The molecule has 0 saturated heterocycles. The highest BCUT2D eigenvalue weighted by Gasteiger charge is 1.97. The van der Waals surface area contributed by atoms with Crippen LogP contribution in [-0.2, 0) is 0 Å². The molecule has 0 aliphatic heterocycles. The quantitative estimate of drug-likeness (QED) is 0.446. The van der Waals surface area contributed by atoms with Crippen LogP contribution < -0.4 is 5.32 Å². The first-order chi connectivity index (χ1) is 6.86. The highest BCUT2D eigenvalue weighted by Crippen LogP contribution is 2.17. The topological polar surface area (TPSA) is 37.8 Å². The van der Waals surface area contributed by atoms with E-state index < -0.39 is 0 Å². The number of thioether (sulfide) groups is 1. The number of nitrogens with zero attached hydrogens (tertiary/aromatic N) is 2. The Morgan fingerprint density at radius 3 is 3.00 bits per heavy atom. The maximum Gasteiger partial charge on any atom is 0.223 e. The van der Waals surface area contributed by atoms with E-state index in [0.717, 1.165) is 10.8 Å². The standard InChI is InChI=1S/C10H17N3S/c1-3-4-5-8-14-9-6-7-12-10(11-2)13-9/h6-7H,3-5,8H2,1-2H3,(H,11,12,13). The number of hydrogen-bond acceptors (Lipinski definition) is 4. The molecule has 14 heavy (non-hydrogen) atoms. The van der Waals surface area contributed by atoms with Crippen LogP contribution in [0, 0.1) is 0 Å². The fourth-order valence-electron chi connectivity index (χ4n) is 1.07. The van der Waals surface area contributed by atoms with Gasteiger partial charge in [0.05, 0.1) is 0 Å². The van der Waals surface area contributed by atoms with E-state index in [1.807, 2.05) is 13.1 Å². The SMILES string of the molecule is CCCCCSc1ccnc(NC)n1. The first-order valence-electron chi connectivity index (χ1n) is 5.00. The number of anilines is 1. The summed E-state index contributed by atoms with van der Waals surface area (Å²) < 4.78 is 0. The van der Waals surface area contributed by atoms with Crippen LogP contribution in [0.3, 0.4) is 0 Å². The summed E-state index contributed by atoms with van der Waals surface area (Å²) in [6.45, 7) is 2.22. The van der Waals surface area contributed by atoms with Gasteiger partial charge in [-0.25, -0.2) is 9.97 Å². The molecule has 0 radical (unpaired) electrons. The smallest absolute Gasteiger partial charge is 0.223 e. The predicted octanol–water partition coefficient (Wildman–Crippen LogP) is 2.80. The molecule has 1 heterocycles. The van der Waals surface area contributed by atoms with Crippen molar-refractivity contribution in [3.63, 3.8) is 0 Å². The molecule has 0 aromatic carbocycles. The Morgan fingerprint density at radius 1 is 1.43 bits per heavy atom. The van der Waals surface area contributed by atoms with Crippen LogP contribution in [0.1, 0.15) is 26.2 Å². The zero-order valence-electron chi connectivity index (χ0n) is 8.79. The Kier molecular flexibility index (Phi) is 5.37. The first-order valence-corrected chi connectivity index (χ1v) is 5.99. The molecule has 0 amide bonds. The van der Waals surface area contributed by atoms with Gasteiger partial charge in [-0.3, -0.25) is 0 Å². The van der Waals surface area contributed by atoms with E-state index in [1.54, 1.807) is 18.0 Å². The molecule has 1 N–H and O–H groups in total. The van der Waals surface area contributed by atoms with Crippen LogP contribution in [-0.4, -0.2) is 22.8 Å². The highest BCUT2D eigenvalue weighted by atomic mass is 32.2. The largest absolute Gasteiger partial charge is 0.357 e. The summed E-state index contributed by atoms with van der Waals surface area (Å²) in [4.78, 5) is 8.40. The van der Waals surface area contributed by atoms with Crippen molar-refractivity contribution in [3.05, 3.63) is 12.3 Å². The number of nitrogens with one attached hydrogen (secondary N) is 1. The monoisotopic (exact) mass is 211 g/mol. The van der Waals surface area contributed by atoms with Gasteiger partial charge in [0, 0.05) is 13.2 Å². The Morgan fingerprint density at radius 2 is 2.29 bits per heavy atom. The molecule has 0 saturated carbocycles. The first kappa shape index (κ1) is 11.3. The van der Waals surface area contributed by atoms with E-state index in [2.05, 4.69) is 22.2 Å². The highest BCUT2D eigenvalue weighted by molar-refractivity contribution is 7.99. The summed E-state index contributed by atoms with van der Waals surface area (Å²) in [5.41, 5.74) is 0. The van der Waals surface area contributed by atoms with Gasteiger partial charge in [0.25, 0.3) is 0 Å². The molecule has 0 spiro atoms. The Bertz CT molecular complexity index is 265. The molecule has 0 fully saturated rings. The second-order valence-electron chi connectivity index (χ2n) is 3.02. The van der Waals surface area contributed by atoms with E-state index >= 15 is 0 Å². The van der Waals surface area contributed by atoms with Crippen molar-refractivity contribution < 1.29 is 0 Å². The number of rotatable bonds is 6. The molecule has 0 aliphatic rings. The molecule has 0 atom stereocenters. The average molecular weight is 211 g/mol. The number of unbranched alkanes of at least 4 members (excludes halogenated alkanes) is 2. The van der Waals surface area contributed by atoms with Gasteiger partial charge < -0.3 is 5.32 Å². The summed E-state index contributed by atoms with van der Waals surface area (Å²) in [6.07, 6.45) is 5.63. The van der Waals surface area contributed by atoms with Gasteiger partial charge in [-0.05, 0) is 18.2 Å². The van der Waals surface area contributed by atoms with Gasteiger partial charge >= 0.3 is 0 Å². The lowest BCUT2D eigenvalue weighted by Gasteiger charge is -2.02. The minimum atomic E-state index is 0.700. The Labute approximate surface area is 89.7 Å². The van der Waals surface area contributed by atoms with Crippen LogP contribution >= 0.6 is 11.8 Å². The van der Waals surface area contributed by atoms with Gasteiger partial charge in [0.2, 0.25) is 5.95 Å². The molecule has 0 unspecified atom stereocenters. The zero-order chi connectivity index (χ0) is 10.2. The molecule has 1 aromatic heterocycles. The minimum Gasteiger partial charge on any atom is -0.357 e. The molecular formula is C10H17N3S. The summed E-state index contributed by atoms with van der Waals surface area (Å²) >= 11 is 1.80. The molecule has 0 bridgehead atoms.